The maximum absolute atomic E-state index is 12.2. The largest absolute Gasteiger partial charge is 0.490 e. The molecule has 168 valence electrons. The van der Waals surface area contributed by atoms with Gasteiger partial charge in [-0.2, -0.15) is 5.10 Å². The van der Waals surface area contributed by atoms with E-state index in [0.717, 1.165) is 12.8 Å². The molecule has 1 fully saturated rings. The van der Waals surface area contributed by atoms with Crippen LogP contribution < -0.4 is 25.5 Å². The van der Waals surface area contributed by atoms with Crippen LogP contribution >= 0.6 is 11.6 Å². The van der Waals surface area contributed by atoms with Gasteiger partial charge in [-0.05, 0) is 49.6 Å². The number of halogens is 1. The maximum atomic E-state index is 12.2. The molecule has 1 aliphatic rings. The summed E-state index contributed by atoms with van der Waals surface area (Å²) in [5, 5.41) is 9.26. The van der Waals surface area contributed by atoms with Crippen LogP contribution in [0.15, 0.2) is 47.6 Å². The number of rotatable bonds is 9. The van der Waals surface area contributed by atoms with Gasteiger partial charge in [0, 0.05) is 11.7 Å². The summed E-state index contributed by atoms with van der Waals surface area (Å²) in [6.07, 6.45) is 3.08. The van der Waals surface area contributed by atoms with Gasteiger partial charge in [0.15, 0.2) is 18.1 Å². The van der Waals surface area contributed by atoms with Gasteiger partial charge in [-0.15, -0.1) is 0 Å². The van der Waals surface area contributed by atoms with E-state index in [9.17, 15) is 14.4 Å². The molecule has 2 aromatic rings. The molecule has 0 bridgehead atoms. The average molecular weight is 459 g/mol. The molecule has 1 saturated carbocycles. The number of benzene rings is 2. The third-order valence-corrected chi connectivity index (χ3v) is 4.52. The standard InChI is InChI=1S/C22H23ClN4O5/c1-2-31-18-11-14(12-24-27-22(30)21(29)26-16-8-9-16)10-17(23)20(18)32-13-19(28)25-15-6-4-3-5-7-15/h3-7,10-12,16H,2,8-9,13H2,1H3,(H,25,28)(H,26,29)(H,27,30)/b24-12-. The first kappa shape index (κ1) is 23.1. The Morgan fingerprint density at radius 3 is 2.56 bits per heavy atom. The summed E-state index contributed by atoms with van der Waals surface area (Å²) in [5.41, 5.74) is 3.32. The van der Waals surface area contributed by atoms with E-state index >= 15 is 0 Å². The molecule has 0 heterocycles. The second-order valence-corrected chi connectivity index (χ2v) is 7.32. The summed E-state index contributed by atoms with van der Waals surface area (Å²) in [4.78, 5) is 35.5. The number of carbonyl (C=O) groups is 3. The topological polar surface area (TPSA) is 118 Å². The van der Waals surface area contributed by atoms with Crippen molar-refractivity contribution in [1.82, 2.24) is 10.7 Å². The lowest BCUT2D eigenvalue weighted by Crippen LogP contribution is -2.38. The minimum Gasteiger partial charge on any atom is -0.490 e. The molecule has 3 amide bonds. The van der Waals surface area contributed by atoms with Crippen molar-refractivity contribution in [3.8, 4) is 11.5 Å². The number of carbonyl (C=O) groups excluding carboxylic acids is 3. The molecular formula is C22H23ClN4O5. The molecule has 3 N–H and O–H groups in total. The van der Waals surface area contributed by atoms with Crippen molar-refractivity contribution >= 4 is 41.2 Å². The fraction of sp³-hybridized carbons (Fsp3) is 0.273. The first-order valence-corrected chi connectivity index (χ1v) is 10.4. The van der Waals surface area contributed by atoms with Gasteiger partial charge in [0.2, 0.25) is 0 Å². The van der Waals surface area contributed by atoms with E-state index in [2.05, 4.69) is 21.2 Å². The lowest BCUT2D eigenvalue weighted by atomic mass is 10.2. The molecule has 0 aromatic heterocycles. The van der Waals surface area contributed by atoms with Crippen molar-refractivity contribution < 1.29 is 23.9 Å². The van der Waals surface area contributed by atoms with E-state index in [1.165, 1.54) is 12.3 Å². The minimum atomic E-state index is -0.853. The third-order valence-electron chi connectivity index (χ3n) is 4.24. The van der Waals surface area contributed by atoms with Crippen molar-refractivity contribution in [2.75, 3.05) is 18.5 Å². The number of amides is 3. The van der Waals surface area contributed by atoms with E-state index in [0.29, 0.717) is 23.6 Å². The highest BCUT2D eigenvalue weighted by atomic mass is 35.5. The minimum absolute atomic E-state index is 0.0760. The zero-order valence-corrected chi connectivity index (χ0v) is 18.1. The normalized spacial score (nSPS) is 12.8. The predicted octanol–water partition coefficient (Wildman–Crippen LogP) is 2.48. The summed E-state index contributed by atoms with van der Waals surface area (Å²) in [5.74, 6) is -1.41. The fourth-order valence-corrected chi connectivity index (χ4v) is 2.89. The second-order valence-electron chi connectivity index (χ2n) is 6.91. The van der Waals surface area contributed by atoms with E-state index in [1.807, 2.05) is 18.2 Å². The lowest BCUT2D eigenvalue weighted by Gasteiger charge is -2.14. The monoisotopic (exact) mass is 458 g/mol. The van der Waals surface area contributed by atoms with Gasteiger partial charge in [-0.3, -0.25) is 14.4 Å². The molecule has 0 radical (unpaired) electrons. The number of para-hydroxylation sites is 1. The highest BCUT2D eigenvalue weighted by Crippen LogP contribution is 2.36. The van der Waals surface area contributed by atoms with Gasteiger partial charge in [0.25, 0.3) is 5.91 Å². The van der Waals surface area contributed by atoms with Gasteiger partial charge < -0.3 is 20.1 Å². The van der Waals surface area contributed by atoms with Crippen LogP contribution in [0.1, 0.15) is 25.3 Å². The molecular weight excluding hydrogens is 436 g/mol. The van der Waals surface area contributed by atoms with E-state index in [1.54, 1.807) is 25.1 Å². The molecule has 0 spiro atoms. The van der Waals surface area contributed by atoms with Crippen molar-refractivity contribution in [2.45, 2.75) is 25.8 Å². The van der Waals surface area contributed by atoms with Crippen molar-refractivity contribution in [3.05, 3.63) is 53.1 Å². The number of nitrogens with zero attached hydrogens (tertiary/aromatic N) is 1. The van der Waals surface area contributed by atoms with Gasteiger partial charge >= 0.3 is 11.8 Å². The molecule has 10 heteroatoms. The Labute approximate surface area is 190 Å². The number of hydrogen-bond donors (Lipinski definition) is 3. The summed E-state index contributed by atoms with van der Waals surface area (Å²) in [7, 11) is 0. The number of ether oxygens (including phenoxy) is 2. The Bertz CT molecular complexity index is 1010. The zero-order valence-electron chi connectivity index (χ0n) is 17.4. The highest BCUT2D eigenvalue weighted by Gasteiger charge is 2.26. The van der Waals surface area contributed by atoms with E-state index in [-0.39, 0.29) is 29.3 Å². The average Bonchev–Trinajstić information content (AvgIpc) is 3.58. The molecule has 1 aliphatic carbocycles. The van der Waals surface area contributed by atoms with Gasteiger partial charge in [-0.1, -0.05) is 29.8 Å². The molecule has 0 aliphatic heterocycles. The lowest BCUT2D eigenvalue weighted by molar-refractivity contribution is -0.139. The fourth-order valence-electron chi connectivity index (χ4n) is 2.62. The van der Waals surface area contributed by atoms with Crippen LogP contribution in [-0.2, 0) is 14.4 Å². The SMILES string of the molecule is CCOc1cc(/C=N\NC(=O)C(=O)NC2CC2)cc(Cl)c1OCC(=O)Nc1ccccc1. The zero-order chi connectivity index (χ0) is 22.9. The highest BCUT2D eigenvalue weighted by molar-refractivity contribution is 6.35. The Morgan fingerprint density at radius 1 is 1.12 bits per heavy atom. The van der Waals surface area contributed by atoms with Crippen LogP contribution in [-0.4, -0.2) is 43.2 Å². The number of hydrazone groups is 1. The summed E-state index contributed by atoms with van der Waals surface area (Å²) >= 11 is 6.32. The third kappa shape index (κ3) is 6.98. The molecule has 2 aromatic carbocycles. The van der Waals surface area contributed by atoms with Crippen LogP contribution in [0.2, 0.25) is 5.02 Å². The van der Waals surface area contributed by atoms with Gasteiger partial charge in [0.1, 0.15) is 0 Å². The molecule has 0 saturated heterocycles. The van der Waals surface area contributed by atoms with E-state index in [4.69, 9.17) is 21.1 Å². The Balaban J connectivity index is 1.61. The first-order chi connectivity index (χ1) is 15.5. The summed E-state index contributed by atoms with van der Waals surface area (Å²) in [6.45, 7) is 1.86. The number of anilines is 1. The Morgan fingerprint density at radius 2 is 1.88 bits per heavy atom. The maximum Gasteiger partial charge on any atom is 0.329 e. The van der Waals surface area contributed by atoms with Crippen LogP contribution in [0, 0.1) is 0 Å². The van der Waals surface area contributed by atoms with Crippen LogP contribution in [0.4, 0.5) is 5.69 Å². The number of hydrogen-bond acceptors (Lipinski definition) is 6. The molecule has 9 nitrogen and oxygen atoms in total. The quantitative estimate of drug-likeness (QED) is 0.303. The molecule has 0 atom stereocenters. The van der Waals surface area contributed by atoms with Crippen molar-refractivity contribution in [1.29, 1.82) is 0 Å². The molecule has 3 rings (SSSR count). The first-order valence-electron chi connectivity index (χ1n) is 10.0. The van der Waals surface area contributed by atoms with Crippen molar-refractivity contribution in [2.24, 2.45) is 5.10 Å². The van der Waals surface area contributed by atoms with Crippen LogP contribution in [0.5, 0.6) is 11.5 Å². The van der Waals surface area contributed by atoms with Crippen LogP contribution in [0.25, 0.3) is 0 Å². The second kappa shape index (κ2) is 11.1. The van der Waals surface area contributed by atoms with Gasteiger partial charge in [-0.25, -0.2) is 5.43 Å². The smallest absolute Gasteiger partial charge is 0.329 e. The predicted molar refractivity (Wildman–Crippen MR) is 120 cm³/mol. The van der Waals surface area contributed by atoms with Crippen LogP contribution in [0.3, 0.4) is 0 Å². The Kier molecular flexibility index (Phi) is 8.04. The summed E-state index contributed by atoms with van der Waals surface area (Å²) < 4.78 is 11.2. The summed E-state index contributed by atoms with van der Waals surface area (Å²) in [6, 6.07) is 12.2. The molecule has 32 heavy (non-hydrogen) atoms. The molecule has 0 unspecified atom stereocenters. The van der Waals surface area contributed by atoms with Crippen molar-refractivity contribution in [3.63, 3.8) is 0 Å². The number of nitrogens with one attached hydrogen (secondary N) is 3. The van der Waals surface area contributed by atoms with Gasteiger partial charge in [0.05, 0.1) is 17.8 Å². The Hall–Kier alpha value is -3.59. The van der Waals surface area contributed by atoms with E-state index < -0.39 is 11.8 Å².